The molecule has 18 heavy (non-hydrogen) atoms. The lowest BCUT2D eigenvalue weighted by atomic mass is 10.3. The Hall–Kier alpha value is -2.50. The van der Waals surface area contributed by atoms with Crippen molar-refractivity contribution >= 4 is 11.8 Å². The lowest BCUT2D eigenvalue weighted by molar-refractivity contribution is 0.215. The normalized spacial score (nSPS) is 9.89. The van der Waals surface area contributed by atoms with Crippen molar-refractivity contribution in [3.8, 4) is 5.75 Å². The molecule has 1 amide bonds. The van der Waals surface area contributed by atoms with E-state index in [1.54, 1.807) is 6.07 Å². The maximum Gasteiger partial charge on any atom is 0.417 e. The summed E-state index contributed by atoms with van der Waals surface area (Å²) in [5.74, 6) is -1.21. The molecule has 4 nitrogen and oxygen atoms in total. The van der Waals surface area contributed by atoms with Crippen molar-refractivity contribution in [2.45, 2.75) is 0 Å². The van der Waals surface area contributed by atoms with Gasteiger partial charge in [0.15, 0.2) is 5.75 Å². The Bertz CT molecular complexity index is 561. The van der Waals surface area contributed by atoms with Crippen LogP contribution in [0.5, 0.6) is 5.75 Å². The van der Waals surface area contributed by atoms with Gasteiger partial charge in [0.1, 0.15) is 11.6 Å². The van der Waals surface area contributed by atoms with E-state index < -0.39 is 17.7 Å². The zero-order valence-corrected chi connectivity index (χ0v) is 9.06. The molecule has 0 spiro atoms. The Morgan fingerprint density at radius 1 is 1.28 bits per heavy atom. The number of nitrogens with zero attached hydrogens (tertiary/aromatic N) is 1. The van der Waals surface area contributed by atoms with E-state index in [1.807, 2.05) is 0 Å². The van der Waals surface area contributed by atoms with E-state index in [0.717, 1.165) is 18.2 Å². The fourth-order valence-corrected chi connectivity index (χ4v) is 1.24. The number of anilines is 1. The van der Waals surface area contributed by atoms with E-state index in [0.29, 0.717) is 0 Å². The molecule has 0 fully saturated rings. The second-order valence-corrected chi connectivity index (χ2v) is 3.33. The van der Waals surface area contributed by atoms with Crippen LogP contribution in [-0.4, -0.2) is 11.1 Å². The number of aromatic nitrogens is 1. The van der Waals surface area contributed by atoms with Gasteiger partial charge < -0.3 is 4.74 Å². The van der Waals surface area contributed by atoms with Crippen LogP contribution in [0.25, 0.3) is 0 Å². The molecule has 0 atom stereocenters. The monoisotopic (exact) mass is 250 g/mol. The molecule has 0 aliphatic carbocycles. The first-order valence-electron chi connectivity index (χ1n) is 4.99. The van der Waals surface area contributed by atoms with Gasteiger partial charge in [-0.2, -0.15) is 0 Å². The van der Waals surface area contributed by atoms with E-state index in [9.17, 15) is 13.6 Å². The average molecular weight is 250 g/mol. The minimum Gasteiger partial charge on any atom is -0.408 e. The van der Waals surface area contributed by atoms with Crippen LogP contribution in [0.2, 0.25) is 0 Å². The van der Waals surface area contributed by atoms with Crippen LogP contribution in [0.1, 0.15) is 0 Å². The van der Waals surface area contributed by atoms with Gasteiger partial charge in [0, 0.05) is 12.3 Å². The largest absolute Gasteiger partial charge is 0.417 e. The number of nitrogens with one attached hydrogen (secondary N) is 1. The van der Waals surface area contributed by atoms with Gasteiger partial charge in [-0.1, -0.05) is 0 Å². The zero-order valence-electron chi connectivity index (χ0n) is 9.06. The van der Waals surface area contributed by atoms with Crippen molar-refractivity contribution in [3.63, 3.8) is 0 Å². The number of hydrogen-bond donors (Lipinski definition) is 1. The van der Waals surface area contributed by atoms with E-state index in [2.05, 4.69) is 10.3 Å². The minimum atomic E-state index is -0.924. The highest BCUT2D eigenvalue weighted by Gasteiger charge is 2.09. The van der Waals surface area contributed by atoms with Gasteiger partial charge in [0.25, 0.3) is 0 Å². The topological polar surface area (TPSA) is 51.2 Å². The van der Waals surface area contributed by atoms with Gasteiger partial charge in [-0.25, -0.2) is 13.6 Å². The first kappa shape index (κ1) is 12.0. The van der Waals surface area contributed by atoms with Crippen molar-refractivity contribution in [3.05, 3.63) is 54.4 Å². The van der Waals surface area contributed by atoms with Crippen molar-refractivity contribution in [1.29, 1.82) is 0 Å². The third-order valence-corrected chi connectivity index (χ3v) is 2.01. The summed E-state index contributed by atoms with van der Waals surface area (Å²) in [6.07, 6.45) is 1.91. The van der Waals surface area contributed by atoms with Crippen molar-refractivity contribution in [1.82, 2.24) is 4.98 Å². The second kappa shape index (κ2) is 5.22. The summed E-state index contributed by atoms with van der Waals surface area (Å²) in [4.78, 5) is 15.1. The fourth-order valence-electron chi connectivity index (χ4n) is 1.24. The summed E-state index contributed by atoms with van der Waals surface area (Å²) in [5.41, 5.74) is -0.288. The Morgan fingerprint density at radius 2 is 2.11 bits per heavy atom. The van der Waals surface area contributed by atoms with Crippen LogP contribution in [0.15, 0.2) is 42.7 Å². The number of carbonyl (C=O) groups is 1. The third-order valence-electron chi connectivity index (χ3n) is 2.01. The van der Waals surface area contributed by atoms with Gasteiger partial charge in [0.05, 0.1) is 11.9 Å². The number of amides is 1. The predicted molar refractivity (Wildman–Crippen MR) is 60.2 cm³/mol. The molecule has 0 saturated heterocycles. The smallest absolute Gasteiger partial charge is 0.408 e. The van der Waals surface area contributed by atoms with Gasteiger partial charge in [-0.15, -0.1) is 0 Å². The molecule has 6 heteroatoms. The summed E-state index contributed by atoms with van der Waals surface area (Å²) in [5, 5.41) is 2.10. The highest BCUT2D eigenvalue weighted by Crippen LogP contribution is 2.16. The molecule has 1 N–H and O–H groups in total. The van der Waals surface area contributed by atoms with Gasteiger partial charge >= 0.3 is 6.09 Å². The fraction of sp³-hybridized carbons (Fsp3) is 0. The molecular formula is C12H8F2N2O2. The molecule has 1 aromatic carbocycles. The maximum atomic E-state index is 13.2. The molecule has 1 aromatic heterocycles. The molecule has 0 bridgehead atoms. The zero-order chi connectivity index (χ0) is 13.0. The molecule has 0 saturated carbocycles. The lowest BCUT2D eigenvalue weighted by Gasteiger charge is -2.06. The average Bonchev–Trinajstić information content (AvgIpc) is 2.35. The van der Waals surface area contributed by atoms with Crippen molar-refractivity contribution in [2.24, 2.45) is 0 Å². The van der Waals surface area contributed by atoms with E-state index in [-0.39, 0.29) is 11.4 Å². The first-order chi connectivity index (χ1) is 8.65. The van der Waals surface area contributed by atoms with Crippen molar-refractivity contribution < 1.29 is 18.3 Å². The third kappa shape index (κ3) is 3.00. The predicted octanol–water partition coefficient (Wildman–Crippen LogP) is 2.97. The quantitative estimate of drug-likeness (QED) is 0.891. The molecule has 0 unspecified atom stereocenters. The van der Waals surface area contributed by atoms with Gasteiger partial charge in [0.2, 0.25) is 0 Å². The van der Waals surface area contributed by atoms with Crippen molar-refractivity contribution in [2.75, 3.05) is 5.32 Å². The van der Waals surface area contributed by atoms with Crippen LogP contribution in [0.3, 0.4) is 0 Å². The van der Waals surface area contributed by atoms with E-state index in [4.69, 9.17) is 4.74 Å². The van der Waals surface area contributed by atoms with Crippen LogP contribution >= 0.6 is 0 Å². The van der Waals surface area contributed by atoms with Crippen LogP contribution in [0.4, 0.5) is 19.3 Å². The molecule has 0 radical (unpaired) electrons. The summed E-state index contributed by atoms with van der Waals surface area (Å²) < 4.78 is 30.9. The standard InChI is InChI=1S/C12H8F2N2O2/c13-8-3-4-10(14)11(6-8)16-12(17)18-9-2-1-5-15-7-9/h1-7H,(H,16,17). The maximum absolute atomic E-state index is 13.2. The number of benzene rings is 1. The lowest BCUT2D eigenvalue weighted by Crippen LogP contribution is -2.17. The molecule has 92 valence electrons. The Kier molecular flexibility index (Phi) is 3.47. The molecule has 2 rings (SSSR count). The number of carbonyl (C=O) groups excluding carboxylic acids is 1. The Balaban J connectivity index is 2.05. The van der Waals surface area contributed by atoms with Crippen LogP contribution in [0, 0.1) is 11.6 Å². The number of halogens is 2. The first-order valence-corrected chi connectivity index (χ1v) is 4.99. The number of ether oxygens (including phenoxy) is 1. The van der Waals surface area contributed by atoms with Gasteiger partial charge in [-0.3, -0.25) is 10.3 Å². The molecular weight excluding hydrogens is 242 g/mol. The van der Waals surface area contributed by atoms with Crippen LogP contribution in [-0.2, 0) is 0 Å². The highest BCUT2D eigenvalue weighted by molar-refractivity contribution is 5.86. The number of pyridine rings is 1. The Morgan fingerprint density at radius 3 is 2.83 bits per heavy atom. The van der Waals surface area contributed by atoms with Gasteiger partial charge in [-0.05, 0) is 24.3 Å². The number of hydrogen-bond acceptors (Lipinski definition) is 3. The SMILES string of the molecule is O=C(Nc1cc(F)ccc1F)Oc1cccnc1. The molecule has 2 aromatic rings. The summed E-state index contributed by atoms with van der Waals surface area (Å²) in [6, 6.07) is 5.81. The summed E-state index contributed by atoms with van der Waals surface area (Å²) >= 11 is 0. The number of rotatable bonds is 2. The minimum absolute atomic E-state index is 0.201. The highest BCUT2D eigenvalue weighted by atomic mass is 19.1. The summed E-state index contributed by atoms with van der Waals surface area (Å²) in [7, 11) is 0. The van der Waals surface area contributed by atoms with Crippen LogP contribution < -0.4 is 10.1 Å². The molecule has 1 heterocycles. The molecule has 0 aliphatic rings. The van der Waals surface area contributed by atoms with E-state index in [1.165, 1.54) is 18.5 Å². The molecule has 0 aliphatic heterocycles. The van der Waals surface area contributed by atoms with E-state index >= 15 is 0 Å². The summed E-state index contributed by atoms with van der Waals surface area (Å²) in [6.45, 7) is 0. The Labute approximate surface area is 101 Å². The second-order valence-electron chi connectivity index (χ2n) is 3.33.